The van der Waals surface area contributed by atoms with Crippen molar-refractivity contribution >= 4 is 11.8 Å². The first-order valence-electron chi connectivity index (χ1n) is 4.24. The van der Waals surface area contributed by atoms with Crippen LogP contribution in [0.25, 0.3) is 0 Å². The number of aliphatic hydroxyl groups is 1. The number of hydrogen-bond donors (Lipinski definition) is 1. The molecule has 1 atom stereocenters. The van der Waals surface area contributed by atoms with E-state index in [0.29, 0.717) is 0 Å². The highest BCUT2D eigenvalue weighted by atomic mass is 16.5. The van der Waals surface area contributed by atoms with Crippen molar-refractivity contribution in [2.45, 2.75) is 20.3 Å². The maximum Gasteiger partial charge on any atom is 0.311 e. The molecule has 0 rings (SSSR count). The van der Waals surface area contributed by atoms with Crippen molar-refractivity contribution in [3.63, 3.8) is 0 Å². The molecule has 0 saturated heterocycles. The third kappa shape index (κ3) is 4.03. The maximum absolute atomic E-state index is 11.2. The maximum atomic E-state index is 11.2. The van der Waals surface area contributed by atoms with E-state index in [-0.39, 0.29) is 24.7 Å². The third-order valence-corrected chi connectivity index (χ3v) is 1.85. The molecule has 1 N–H and O–H groups in total. The number of Topliss-reactive ketones (excluding diaryl/α,β-unsaturated/α-hetero) is 1. The Labute approximate surface area is 77.9 Å². The van der Waals surface area contributed by atoms with Crippen LogP contribution in [-0.4, -0.2) is 30.6 Å². The van der Waals surface area contributed by atoms with Crippen LogP contribution in [0.3, 0.4) is 0 Å². The number of carbonyl (C=O) groups is 2. The van der Waals surface area contributed by atoms with Gasteiger partial charge >= 0.3 is 5.97 Å². The van der Waals surface area contributed by atoms with Crippen molar-refractivity contribution in [3.05, 3.63) is 0 Å². The van der Waals surface area contributed by atoms with Gasteiger partial charge in [-0.1, -0.05) is 13.8 Å². The minimum Gasteiger partial charge on any atom is -0.469 e. The topological polar surface area (TPSA) is 63.6 Å². The lowest BCUT2D eigenvalue weighted by atomic mass is 9.97. The molecular weight excluding hydrogens is 172 g/mol. The van der Waals surface area contributed by atoms with Crippen LogP contribution in [-0.2, 0) is 14.3 Å². The second-order valence-electron chi connectivity index (χ2n) is 3.23. The number of esters is 1. The molecule has 0 heterocycles. The zero-order valence-electron chi connectivity index (χ0n) is 8.24. The van der Waals surface area contributed by atoms with E-state index in [2.05, 4.69) is 4.74 Å². The van der Waals surface area contributed by atoms with Gasteiger partial charge in [-0.3, -0.25) is 9.59 Å². The van der Waals surface area contributed by atoms with Gasteiger partial charge in [0.25, 0.3) is 0 Å². The lowest BCUT2D eigenvalue weighted by Gasteiger charge is -2.11. The predicted octanol–water partition coefficient (Wildman–Crippen LogP) is 0.383. The number of aliphatic hydroxyl groups excluding tert-OH is 1. The summed E-state index contributed by atoms with van der Waals surface area (Å²) in [6.07, 6.45) is 0.0564. The minimum atomic E-state index is -0.708. The smallest absolute Gasteiger partial charge is 0.311 e. The monoisotopic (exact) mass is 188 g/mol. The summed E-state index contributed by atoms with van der Waals surface area (Å²) in [6.45, 7) is 3.17. The second-order valence-corrected chi connectivity index (χ2v) is 3.23. The molecule has 0 aromatic carbocycles. The van der Waals surface area contributed by atoms with Gasteiger partial charge < -0.3 is 9.84 Å². The van der Waals surface area contributed by atoms with Gasteiger partial charge in [-0.25, -0.2) is 0 Å². The van der Waals surface area contributed by atoms with Gasteiger partial charge in [0.15, 0.2) is 0 Å². The average molecular weight is 188 g/mol. The molecule has 0 amide bonds. The van der Waals surface area contributed by atoms with Crippen molar-refractivity contribution in [2.75, 3.05) is 13.7 Å². The number of hydrogen-bond acceptors (Lipinski definition) is 4. The Morgan fingerprint density at radius 1 is 1.38 bits per heavy atom. The van der Waals surface area contributed by atoms with Gasteiger partial charge in [-0.15, -0.1) is 0 Å². The summed E-state index contributed by atoms with van der Waals surface area (Å²) in [6, 6.07) is 0. The first-order valence-corrected chi connectivity index (χ1v) is 4.24. The Balaban J connectivity index is 4.13. The fourth-order valence-corrected chi connectivity index (χ4v) is 0.868. The van der Waals surface area contributed by atoms with Crippen molar-refractivity contribution in [1.82, 2.24) is 0 Å². The normalized spacial score (nSPS) is 12.7. The summed E-state index contributed by atoms with van der Waals surface area (Å²) in [4.78, 5) is 22.2. The van der Waals surface area contributed by atoms with Crippen LogP contribution in [0.5, 0.6) is 0 Å². The molecular formula is C9H16O4. The van der Waals surface area contributed by atoms with E-state index in [1.165, 1.54) is 7.11 Å². The van der Waals surface area contributed by atoms with Gasteiger partial charge in [0, 0.05) is 12.3 Å². The van der Waals surface area contributed by atoms with Crippen LogP contribution in [0.1, 0.15) is 20.3 Å². The second kappa shape index (κ2) is 5.70. The SMILES string of the molecule is COC(=O)C(CO)CC(=O)C(C)C. The molecule has 0 aromatic rings. The highest BCUT2D eigenvalue weighted by Crippen LogP contribution is 2.09. The molecule has 0 aliphatic rings. The number of ketones is 1. The van der Waals surface area contributed by atoms with Crippen molar-refractivity contribution in [2.24, 2.45) is 11.8 Å². The van der Waals surface area contributed by atoms with Gasteiger partial charge in [-0.2, -0.15) is 0 Å². The quantitative estimate of drug-likeness (QED) is 0.634. The lowest BCUT2D eigenvalue weighted by Crippen LogP contribution is -2.24. The van der Waals surface area contributed by atoms with E-state index >= 15 is 0 Å². The van der Waals surface area contributed by atoms with Crippen molar-refractivity contribution < 1.29 is 19.4 Å². The van der Waals surface area contributed by atoms with E-state index in [0.717, 1.165) is 0 Å². The first kappa shape index (κ1) is 12.1. The fraction of sp³-hybridized carbons (Fsp3) is 0.778. The van der Waals surface area contributed by atoms with Gasteiger partial charge in [-0.05, 0) is 0 Å². The first-order chi connectivity index (χ1) is 6.02. The fourth-order valence-electron chi connectivity index (χ4n) is 0.868. The van der Waals surface area contributed by atoms with Crippen LogP contribution in [0.15, 0.2) is 0 Å². The van der Waals surface area contributed by atoms with Crippen molar-refractivity contribution in [3.8, 4) is 0 Å². The van der Waals surface area contributed by atoms with Gasteiger partial charge in [0.05, 0.1) is 19.6 Å². The lowest BCUT2D eigenvalue weighted by molar-refractivity contribution is -0.148. The molecule has 76 valence electrons. The van der Waals surface area contributed by atoms with Crippen LogP contribution in [0, 0.1) is 11.8 Å². The zero-order valence-corrected chi connectivity index (χ0v) is 8.24. The van der Waals surface area contributed by atoms with E-state index in [9.17, 15) is 9.59 Å². The number of methoxy groups -OCH3 is 1. The average Bonchev–Trinajstić information content (AvgIpc) is 2.12. The number of carbonyl (C=O) groups excluding carboxylic acids is 2. The minimum absolute atomic E-state index is 0.0375. The molecule has 0 radical (unpaired) electrons. The number of ether oxygens (including phenoxy) is 1. The standard InChI is InChI=1S/C9H16O4/c1-6(2)8(11)4-7(5-10)9(12)13-3/h6-7,10H,4-5H2,1-3H3. The van der Waals surface area contributed by atoms with Crippen LogP contribution >= 0.6 is 0 Å². The van der Waals surface area contributed by atoms with E-state index < -0.39 is 11.9 Å². The van der Waals surface area contributed by atoms with E-state index in [4.69, 9.17) is 5.11 Å². The highest BCUT2D eigenvalue weighted by Gasteiger charge is 2.22. The molecule has 4 nitrogen and oxygen atoms in total. The molecule has 0 aliphatic carbocycles. The molecule has 0 saturated carbocycles. The Hall–Kier alpha value is -0.900. The molecule has 4 heteroatoms. The molecule has 1 unspecified atom stereocenters. The predicted molar refractivity (Wildman–Crippen MR) is 47.1 cm³/mol. The Morgan fingerprint density at radius 3 is 2.23 bits per heavy atom. The van der Waals surface area contributed by atoms with E-state index in [1.807, 2.05) is 0 Å². The molecule has 0 fully saturated rings. The van der Waals surface area contributed by atoms with Crippen LogP contribution in [0.2, 0.25) is 0 Å². The number of rotatable bonds is 5. The highest BCUT2D eigenvalue weighted by molar-refractivity contribution is 5.85. The summed E-state index contributed by atoms with van der Waals surface area (Å²) in [7, 11) is 1.24. The molecule has 0 aliphatic heterocycles. The Morgan fingerprint density at radius 2 is 1.92 bits per heavy atom. The van der Waals surface area contributed by atoms with Gasteiger partial charge in [0.1, 0.15) is 5.78 Å². The molecule has 0 spiro atoms. The van der Waals surface area contributed by atoms with Crippen LogP contribution in [0.4, 0.5) is 0 Å². The zero-order chi connectivity index (χ0) is 10.4. The summed E-state index contributed by atoms with van der Waals surface area (Å²) in [5, 5.41) is 8.81. The van der Waals surface area contributed by atoms with Crippen LogP contribution < -0.4 is 0 Å². The molecule has 13 heavy (non-hydrogen) atoms. The summed E-state index contributed by atoms with van der Waals surface area (Å²) in [5.74, 6) is -1.39. The summed E-state index contributed by atoms with van der Waals surface area (Å²) >= 11 is 0. The Kier molecular flexibility index (Phi) is 5.30. The van der Waals surface area contributed by atoms with E-state index in [1.54, 1.807) is 13.8 Å². The third-order valence-electron chi connectivity index (χ3n) is 1.85. The largest absolute Gasteiger partial charge is 0.469 e. The van der Waals surface area contributed by atoms with Gasteiger partial charge in [0.2, 0.25) is 0 Å². The van der Waals surface area contributed by atoms with Crippen molar-refractivity contribution in [1.29, 1.82) is 0 Å². The summed E-state index contributed by atoms with van der Waals surface area (Å²) < 4.78 is 4.43. The Bertz CT molecular complexity index is 186. The molecule has 0 bridgehead atoms. The molecule has 0 aromatic heterocycles. The summed E-state index contributed by atoms with van der Waals surface area (Å²) in [5.41, 5.74) is 0.